The summed E-state index contributed by atoms with van der Waals surface area (Å²) < 4.78 is 19.0. The van der Waals surface area contributed by atoms with Crippen molar-refractivity contribution in [1.29, 1.82) is 0 Å². The molecule has 1 heterocycles. The molecule has 0 atom stereocenters. The zero-order chi connectivity index (χ0) is 13.0. The summed E-state index contributed by atoms with van der Waals surface area (Å²) in [5.41, 5.74) is 1.44. The second kappa shape index (κ2) is 5.96. The lowest BCUT2D eigenvalue weighted by molar-refractivity contribution is 0.487. The second-order valence-electron chi connectivity index (χ2n) is 4.07. The van der Waals surface area contributed by atoms with Crippen LogP contribution in [0.1, 0.15) is 17.1 Å². The minimum absolute atomic E-state index is 0.192. The van der Waals surface area contributed by atoms with Crippen molar-refractivity contribution in [1.82, 2.24) is 0 Å². The minimum Gasteiger partial charge on any atom is -0.463 e. The van der Waals surface area contributed by atoms with Gasteiger partial charge in [0, 0.05) is 11.3 Å². The van der Waals surface area contributed by atoms with E-state index in [0.717, 1.165) is 23.0 Å². The third kappa shape index (κ3) is 3.07. The summed E-state index contributed by atoms with van der Waals surface area (Å²) in [5.74, 6) is 2.51. The van der Waals surface area contributed by atoms with Crippen LogP contribution in [0.2, 0.25) is 0 Å². The smallest absolute Gasteiger partial charge is 0.128 e. The second-order valence-corrected chi connectivity index (χ2v) is 4.93. The van der Waals surface area contributed by atoms with Gasteiger partial charge in [-0.15, -0.1) is 0 Å². The third-order valence-electron chi connectivity index (χ3n) is 2.72. The highest BCUT2D eigenvalue weighted by Crippen LogP contribution is 2.19. The Hall–Kier alpha value is -1.42. The molecule has 1 aromatic heterocycles. The van der Waals surface area contributed by atoms with Gasteiger partial charge in [0.25, 0.3) is 0 Å². The molecular formula is C14H16FNOS. The van der Waals surface area contributed by atoms with Crippen LogP contribution in [-0.2, 0) is 12.3 Å². The first-order valence-electron chi connectivity index (χ1n) is 5.76. The predicted octanol–water partition coefficient (Wildman–Crippen LogP) is 4.20. The Kier molecular flexibility index (Phi) is 4.31. The van der Waals surface area contributed by atoms with Crippen molar-refractivity contribution in [2.75, 3.05) is 11.6 Å². The highest BCUT2D eigenvalue weighted by atomic mass is 32.2. The number of hydrogen-bond donors (Lipinski definition) is 1. The van der Waals surface area contributed by atoms with Gasteiger partial charge >= 0.3 is 0 Å². The van der Waals surface area contributed by atoms with E-state index in [0.29, 0.717) is 12.1 Å². The van der Waals surface area contributed by atoms with Gasteiger partial charge in [-0.3, -0.25) is 0 Å². The number of nitrogens with one attached hydrogen (secondary N) is 1. The van der Waals surface area contributed by atoms with Crippen LogP contribution in [0, 0.1) is 12.7 Å². The van der Waals surface area contributed by atoms with Crippen molar-refractivity contribution >= 4 is 17.4 Å². The fourth-order valence-corrected chi connectivity index (χ4v) is 2.16. The predicted molar refractivity (Wildman–Crippen MR) is 74.4 cm³/mol. The van der Waals surface area contributed by atoms with Crippen LogP contribution in [0.3, 0.4) is 0 Å². The molecule has 2 aromatic rings. The molecule has 1 aromatic carbocycles. The number of rotatable bonds is 5. The molecule has 0 spiro atoms. The fraction of sp³-hybridized carbons (Fsp3) is 0.286. The Balaban J connectivity index is 2.00. The molecule has 1 N–H and O–H groups in total. The van der Waals surface area contributed by atoms with Crippen molar-refractivity contribution < 1.29 is 8.81 Å². The molecule has 0 amide bonds. The summed E-state index contributed by atoms with van der Waals surface area (Å²) in [7, 11) is 0. The van der Waals surface area contributed by atoms with Gasteiger partial charge in [0.15, 0.2) is 0 Å². The number of benzene rings is 1. The first kappa shape index (κ1) is 13.0. The van der Waals surface area contributed by atoms with Gasteiger partial charge in [0.2, 0.25) is 0 Å². The SMILES string of the molecule is CSCc1ccc(CNc2cccc(F)c2C)o1. The van der Waals surface area contributed by atoms with Crippen LogP contribution >= 0.6 is 11.8 Å². The molecular weight excluding hydrogens is 249 g/mol. The molecule has 0 saturated carbocycles. The van der Waals surface area contributed by atoms with Crippen molar-refractivity contribution in [3.8, 4) is 0 Å². The van der Waals surface area contributed by atoms with Crippen LogP contribution in [0.25, 0.3) is 0 Å². The maximum atomic E-state index is 13.3. The molecule has 0 radical (unpaired) electrons. The van der Waals surface area contributed by atoms with Crippen LogP contribution in [0.4, 0.5) is 10.1 Å². The Labute approximate surface area is 111 Å². The summed E-state index contributed by atoms with van der Waals surface area (Å²) in [6.07, 6.45) is 2.04. The lowest BCUT2D eigenvalue weighted by Crippen LogP contribution is -2.01. The highest BCUT2D eigenvalue weighted by molar-refractivity contribution is 7.97. The van der Waals surface area contributed by atoms with Gasteiger partial charge in [-0.25, -0.2) is 4.39 Å². The van der Waals surface area contributed by atoms with Crippen molar-refractivity contribution in [2.24, 2.45) is 0 Å². The van der Waals surface area contributed by atoms with Crippen molar-refractivity contribution in [3.05, 3.63) is 53.2 Å². The van der Waals surface area contributed by atoms with Gasteiger partial charge in [-0.1, -0.05) is 6.07 Å². The molecule has 0 fully saturated rings. The van der Waals surface area contributed by atoms with Crippen LogP contribution in [0.5, 0.6) is 0 Å². The van der Waals surface area contributed by atoms with E-state index in [-0.39, 0.29) is 5.82 Å². The van der Waals surface area contributed by atoms with E-state index in [1.54, 1.807) is 24.8 Å². The summed E-state index contributed by atoms with van der Waals surface area (Å²) >= 11 is 1.72. The Bertz CT molecular complexity index is 524. The summed E-state index contributed by atoms with van der Waals surface area (Å²) in [5, 5.41) is 3.18. The molecule has 0 bridgehead atoms. The first-order valence-corrected chi connectivity index (χ1v) is 7.15. The van der Waals surface area contributed by atoms with E-state index >= 15 is 0 Å². The first-order chi connectivity index (χ1) is 8.70. The van der Waals surface area contributed by atoms with Crippen LogP contribution < -0.4 is 5.32 Å². The molecule has 4 heteroatoms. The van der Waals surface area contributed by atoms with E-state index in [2.05, 4.69) is 5.32 Å². The van der Waals surface area contributed by atoms with Crippen molar-refractivity contribution in [2.45, 2.75) is 19.2 Å². The molecule has 96 valence electrons. The number of hydrogen-bond acceptors (Lipinski definition) is 3. The molecule has 2 nitrogen and oxygen atoms in total. The van der Waals surface area contributed by atoms with Gasteiger partial charge in [0.1, 0.15) is 17.3 Å². The maximum absolute atomic E-state index is 13.3. The summed E-state index contributed by atoms with van der Waals surface area (Å²) in [6, 6.07) is 8.96. The monoisotopic (exact) mass is 265 g/mol. The van der Waals surface area contributed by atoms with Crippen LogP contribution in [0.15, 0.2) is 34.7 Å². The fourth-order valence-electron chi connectivity index (χ4n) is 1.72. The average molecular weight is 265 g/mol. The molecule has 0 aliphatic carbocycles. The van der Waals surface area contributed by atoms with Crippen molar-refractivity contribution in [3.63, 3.8) is 0 Å². The van der Waals surface area contributed by atoms with E-state index in [4.69, 9.17) is 4.42 Å². The van der Waals surface area contributed by atoms with Gasteiger partial charge in [-0.05, 0) is 37.4 Å². The van der Waals surface area contributed by atoms with Gasteiger partial charge in [0.05, 0.1) is 12.3 Å². The lowest BCUT2D eigenvalue weighted by atomic mass is 10.2. The largest absolute Gasteiger partial charge is 0.463 e. The van der Waals surface area contributed by atoms with E-state index in [9.17, 15) is 4.39 Å². The minimum atomic E-state index is -0.192. The number of thioether (sulfide) groups is 1. The number of furan rings is 1. The number of halogens is 1. The lowest BCUT2D eigenvalue weighted by Gasteiger charge is -2.08. The molecule has 2 rings (SSSR count). The zero-order valence-corrected chi connectivity index (χ0v) is 11.3. The molecule has 0 aliphatic rings. The molecule has 0 unspecified atom stereocenters. The van der Waals surface area contributed by atoms with Gasteiger partial charge < -0.3 is 9.73 Å². The summed E-state index contributed by atoms with van der Waals surface area (Å²) in [6.45, 7) is 2.33. The molecule has 0 saturated heterocycles. The molecule has 0 aliphatic heterocycles. The Morgan fingerprint density at radius 2 is 2.00 bits per heavy atom. The third-order valence-corrected chi connectivity index (χ3v) is 3.30. The van der Waals surface area contributed by atoms with E-state index < -0.39 is 0 Å². The normalized spacial score (nSPS) is 10.6. The standard InChI is InChI=1S/C14H16FNOS/c1-10-13(15)4-3-5-14(10)16-8-11-6-7-12(17-11)9-18-2/h3-7,16H,8-9H2,1-2H3. The topological polar surface area (TPSA) is 25.2 Å². The Morgan fingerprint density at radius 3 is 2.78 bits per heavy atom. The van der Waals surface area contributed by atoms with E-state index in [1.165, 1.54) is 6.07 Å². The Morgan fingerprint density at radius 1 is 1.22 bits per heavy atom. The quantitative estimate of drug-likeness (QED) is 0.877. The number of anilines is 1. The average Bonchev–Trinajstić information content (AvgIpc) is 2.79. The zero-order valence-electron chi connectivity index (χ0n) is 10.5. The van der Waals surface area contributed by atoms with Crippen LogP contribution in [-0.4, -0.2) is 6.26 Å². The molecule has 18 heavy (non-hydrogen) atoms. The summed E-state index contributed by atoms with van der Waals surface area (Å²) in [4.78, 5) is 0. The van der Waals surface area contributed by atoms with Gasteiger partial charge in [-0.2, -0.15) is 11.8 Å². The van der Waals surface area contributed by atoms with E-state index in [1.807, 2.05) is 24.5 Å². The highest BCUT2D eigenvalue weighted by Gasteiger charge is 2.05. The maximum Gasteiger partial charge on any atom is 0.128 e.